The lowest BCUT2D eigenvalue weighted by Crippen LogP contribution is -2.36. The first kappa shape index (κ1) is 82.9. The van der Waals surface area contributed by atoms with Crippen molar-refractivity contribution in [1.29, 1.82) is 0 Å². The quantitative estimate of drug-likeness (QED) is 0.0560. The largest absolute Gasteiger partial charge is 0.295 e. The van der Waals surface area contributed by atoms with E-state index in [0.717, 1.165) is 110 Å². The van der Waals surface area contributed by atoms with Crippen molar-refractivity contribution in [3.05, 3.63) is 46.6 Å². The molecule has 0 unspecified atom stereocenters. The van der Waals surface area contributed by atoms with Gasteiger partial charge in [-0.05, 0) is 150 Å². The van der Waals surface area contributed by atoms with Crippen molar-refractivity contribution in [2.75, 3.05) is 39.3 Å². The summed E-state index contributed by atoms with van der Waals surface area (Å²) in [7, 11) is 0. The fraction of sp³-hybridized carbons (Fsp3) is 0.902. The SMILES string of the molecule is CC(=CCN(CC=C(C)CCC[C@H](C)CCC[C@H](C)CCCC(C)C)CCN(CC=C(C)CCC[C@H](C)CCC[C@H](C)CCCC(C)C)CC=C(C)CCC[C@H](C)CCC[C@H](C)CCCC(C)C)CCC[C@H](C)CCC[C@H](C)CCCC(C)C. The second-order valence-corrected chi connectivity index (χ2v) is 32.2. The number of allylic oxidation sites excluding steroid dienone is 4. The average molecular weight is 1170 g/mol. The Kier molecular flexibility index (Phi) is 54.1. The van der Waals surface area contributed by atoms with Gasteiger partial charge in [0.1, 0.15) is 0 Å². The standard InChI is InChI=1S/C82H160N2/c1-67(2)33-21-37-71(9)41-25-45-75(13)49-29-53-79(17)57-61-83(62-58-80(18)54-30-50-76(14)46-26-42-72(10)38-22-34-68(3)4)65-66-84(63-59-81(19)55-31-51-77(15)47-27-43-73(11)39-23-35-69(5)6)64-60-82(20)56-32-52-78(16)48-28-44-74(12)40-24-36-70(7)8/h57-60,67-78H,21-56,61-66H2,1-20H3/t71-,72-,73-,74-,75-,76-,77-,78-/m1/s1. The molecular weight excluding hydrogens is 1010 g/mol. The van der Waals surface area contributed by atoms with Crippen molar-refractivity contribution in [3.8, 4) is 0 Å². The maximum Gasteiger partial charge on any atom is 0.0169 e. The summed E-state index contributed by atoms with van der Waals surface area (Å²) in [6.45, 7) is 55.3. The van der Waals surface area contributed by atoms with Gasteiger partial charge in [0.2, 0.25) is 0 Å². The normalized spacial score (nSPS) is 16.3. The Morgan fingerprint density at radius 3 is 0.512 bits per heavy atom. The van der Waals surface area contributed by atoms with Crippen LogP contribution in [-0.4, -0.2) is 49.1 Å². The Bertz CT molecular complexity index is 1340. The van der Waals surface area contributed by atoms with E-state index in [-0.39, 0.29) is 0 Å². The third-order valence-corrected chi connectivity index (χ3v) is 20.1. The Balaban J connectivity index is 5.97. The molecule has 0 aliphatic carbocycles. The lowest BCUT2D eigenvalue weighted by Gasteiger charge is -2.26. The molecule has 0 aromatic heterocycles. The van der Waals surface area contributed by atoms with Gasteiger partial charge in [0.05, 0.1) is 0 Å². The molecule has 0 saturated heterocycles. The van der Waals surface area contributed by atoms with E-state index >= 15 is 0 Å². The van der Waals surface area contributed by atoms with Crippen LogP contribution in [0.5, 0.6) is 0 Å². The first-order valence-corrected chi connectivity index (χ1v) is 38.0. The van der Waals surface area contributed by atoms with Gasteiger partial charge in [-0.25, -0.2) is 0 Å². The molecule has 0 aromatic rings. The van der Waals surface area contributed by atoms with Crippen LogP contribution in [0.1, 0.15) is 370 Å². The lowest BCUT2D eigenvalue weighted by molar-refractivity contribution is 0.253. The molecule has 0 aliphatic rings. The summed E-state index contributed by atoms with van der Waals surface area (Å²) >= 11 is 0. The lowest BCUT2D eigenvalue weighted by atomic mass is 9.91. The van der Waals surface area contributed by atoms with Gasteiger partial charge in [-0.3, -0.25) is 9.80 Å². The molecular formula is C82H160N2. The van der Waals surface area contributed by atoms with Crippen molar-refractivity contribution >= 4 is 0 Å². The fourth-order valence-electron chi connectivity index (χ4n) is 13.2. The smallest absolute Gasteiger partial charge is 0.0169 e. The summed E-state index contributed by atoms with van der Waals surface area (Å²) in [5.74, 6) is 10.3. The van der Waals surface area contributed by atoms with Gasteiger partial charge in [-0.15, -0.1) is 0 Å². The van der Waals surface area contributed by atoms with Crippen molar-refractivity contribution in [2.45, 2.75) is 370 Å². The summed E-state index contributed by atoms with van der Waals surface area (Å²) in [6.07, 6.45) is 60.1. The molecule has 0 saturated carbocycles. The summed E-state index contributed by atoms with van der Waals surface area (Å²) in [6, 6.07) is 0. The van der Waals surface area contributed by atoms with Crippen molar-refractivity contribution in [1.82, 2.24) is 9.80 Å². The van der Waals surface area contributed by atoms with Gasteiger partial charge in [-0.2, -0.15) is 0 Å². The number of hydrogen-bond acceptors (Lipinski definition) is 2. The van der Waals surface area contributed by atoms with Crippen molar-refractivity contribution in [2.24, 2.45) is 71.0 Å². The van der Waals surface area contributed by atoms with Crippen LogP contribution in [0, 0.1) is 71.0 Å². The van der Waals surface area contributed by atoms with Crippen LogP contribution in [0.2, 0.25) is 0 Å². The summed E-state index contributed by atoms with van der Waals surface area (Å²) < 4.78 is 0. The Labute approximate surface area is 533 Å². The third-order valence-electron chi connectivity index (χ3n) is 20.1. The minimum atomic E-state index is 0.843. The molecule has 0 spiro atoms. The van der Waals surface area contributed by atoms with E-state index in [1.807, 2.05) is 0 Å². The van der Waals surface area contributed by atoms with Gasteiger partial charge >= 0.3 is 0 Å². The molecule has 0 heterocycles. The van der Waals surface area contributed by atoms with Crippen LogP contribution in [0.15, 0.2) is 46.6 Å². The summed E-state index contributed by atoms with van der Waals surface area (Å²) in [4.78, 5) is 5.56. The first-order valence-electron chi connectivity index (χ1n) is 38.0. The highest BCUT2D eigenvalue weighted by Crippen LogP contribution is 2.27. The van der Waals surface area contributed by atoms with E-state index in [4.69, 9.17) is 0 Å². The van der Waals surface area contributed by atoms with Gasteiger partial charge in [0, 0.05) is 39.3 Å². The highest BCUT2D eigenvalue weighted by molar-refractivity contribution is 5.05. The van der Waals surface area contributed by atoms with Crippen LogP contribution < -0.4 is 0 Å². The fourth-order valence-corrected chi connectivity index (χ4v) is 13.2. The molecule has 0 bridgehead atoms. The van der Waals surface area contributed by atoms with Gasteiger partial charge in [0.15, 0.2) is 0 Å². The van der Waals surface area contributed by atoms with Crippen LogP contribution in [0.3, 0.4) is 0 Å². The molecule has 84 heavy (non-hydrogen) atoms. The van der Waals surface area contributed by atoms with E-state index in [1.54, 1.807) is 22.3 Å². The van der Waals surface area contributed by atoms with Gasteiger partial charge < -0.3 is 0 Å². The molecule has 2 nitrogen and oxygen atoms in total. The Morgan fingerprint density at radius 2 is 0.357 bits per heavy atom. The zero-order valence-corrected chi connectivity index (χ0v) is 61.8. The van der Waals surface area contributed by atoms with E-state index in [2.05, 4.69) is 173 Å². The molecule has 498 valence electrons. The zero-order chi connectivity index (χ0) is 62.9. The highest BCUT2D eigenvalue weighted by atomic mass is 15.2. The van der Waals surface area contributed by atoms with Crippen molar-refractivity contribution in [3.63, 3.8) is 0 Å². The summed E-state index contributed by atoms with van der Waals surface area (Å²) in [5, 5.41) is 0. The van der Waals surface area contributed by atoms with Crippen LogP contribution in [0.4, 0.5) is 0 Å². The number of nitrogens with zero attached hydrogens (tertiary/aromatic N) is 2. The predicted molar refractivity (Wildman–Crippen MR) is 387 cm³/mol. The van der Waals surface area contributed by atoms with E-state index in [9.17, 15) is 0 Å². The topological polar surface area (TPSA) is 6.48 Å². The molecule has 0 rings (SSSR count). The molecule has 8 atom stereocenters. The predicted octanol–water partition coefficient (Wildman–Crippen LogP) is 27.1. The maximum atomic E-state index is 2.78. The third kappa shape index (κ3) is 56.1. The Morgan fingerprint density at radius 1 is 0.214 bits per heavy atom. The molecule has 0 amide bonds. The monoisotopic (exact) mass is 1170 g/mol. The molecule has 2 heteroatoms. The number of hydrogen-bond donors (Lipinski definition) is 0. The van der Waals surface area contributed by atoms with Crippen molar-refractivity contribution < 1.29 is 0 Å². The van der Waals surface area contributed by atoms with Crippen LogP contribution in [0.25, 0.3) is 0 Å². The minimum absolute atomic E-state index is 0.843. The molecule has 0 N–H and O–H groups in total. The Hall–Kier alpha value is -1.12. The molecule has 0 aromatic carbocycles. The van der Waals surface area contributed by atoms with Crippen LogP contribution >= 0.6 is 0 Å². The van der Waals surface area contributed by atoms with Gasteiger partial charge in [0.25, 0.3) is 0 Å². The second kappa shape index (κ2) is 54.8. The second-order valence-electron chi connectivity index (χ2n) is 32.2. The van der Waals surface area contributed by atoms with Gasteiger partial charge in [-0.1, -0.05) is 337 Å². The summed E-state index contributed by atoms with van der Waals surface area (Å²) in [5.41, 5.74) is 6.39. The number of rotatable bonds is 59. The van der Waals surface area contributed by atoms with E-state index in [1.165, 1.54) is 231 Å². The van der Waals surface area contributed by atoms with E-state index in [0.29, 0.717) is 0 Å². The first-order chi connectivity index (χ1) is 39.9. The maximum absolute atomic E-state index is 2.78. The van der Waals surface area contributed by atoms with Crippen LogP contribution in [-0.2, 0) is 0 Å². The molecule has 0 radical (unpaired) electrons. The zero-order valence-electron chi connectivity index (χ0n) is 61.8. The molecule has 0 aliphatic heterocycles. The van der Waals surface area contributed by atoms with E-state index < -0.39 is 0 Å². The highest BCUT2D eigenvalue weighted by Gasteiger charge is 2.14. The molecule has 0 fully saturated rings. The minimum Gasteiger partial charge on any atom is -0.295 e. The average Bonchev–Trinajstić information content (AvgIpc) is 3.40.